The third kappa shape index (κ3) is 5.72. The van der Waals surface area contributed by atoms with Gasteiger partial charge in [0, 0.05) is 50.7 Å². The lowest BCUT2D eigenvalue weighted by Gasteiger charge is -2.33. The van der Waals surface area contributed by atoms with Crippen LogP contribution in [0.5, 0.6) is 0 Å². The van der Waals surface area contributed by atoms with Gasteiger partial charge in [0.05, 0.1) is 6.54 Å². The maximum atomic E-state index is 12.2. The van der Waals surface area contributed by atoms with Crippen molar-refractivity contribution >= 4 is 11.9 Å². The molecule has 1 fully saturated rings. The summed E-state index contributed by atoms with van der Waals surface area (Å²) in [6, 6.07) is 9.42. The summed E-state index contributed by atoms with van der Waals surface area (Å²) in [6.07, 6.45) is 2.09. The lowest BCUT2D eigenvalue weighted by molar-refractivity contribution is -0.133. The highest BCUT2D eigenvalue weighted by Gasteiger charge is 2.28. The monoisotopic (exact) mass is 399 g/mol. The SMILES string of the molecule is CCNC(=NCC(C)N1CCc2ccccc2C1)NC1CCN(C(=O)C(C)C)C1. The summed E-state index contributed by atoms with van der Waals surface area (Å²) in [5.41, 5.74) is 2.93. The Bertz CT molecular complexity index is 717. The summed E-state index contributed by atoms with van der Waals surface area (Å²) < 4.78 is 0. The number of hydrogen-bond acceptors (Lipinski definition) is 3. The Morgan fingerprint density at radius 3 is 2.69 bits per heavy atom. The van der Waals surface area contributed by atoms with E-state index in [-0.39, 0.29) is 17.9 Å². The maximum Gasteiger partial charge on any atom is 0.225 e. The molecule has 0 spiro atoms. The van der Waals surface area contributed by atoms with E-state index in [0.29, 0.717) is 6.04 Å². The van der Waals surface area contributed by atoms with Gasteiger partial charge in [-0.25, -0.2) is 0 Å². The minimum atomic E-state index is 0.0613. The molecule has 2 aliphatic heterocycles. The molecule has 2 unspecified atom stereocenters. The summed E-state index contributed by atoms with van der Waals surface area (Å²) in [6.45, 7) is 13.6. The number of carbonyl (C=O) groups is 1. The van der Waals surface area contributed by atoms with Crippen LogP contribution in [0, 0.1) is 5.92 Å². The van der Waals surface area contributed by atoms with Crippen molar-refractivity contribution in [1.29, 1.82) is 0 Å². The Labute approximate surface area is 175 Å². The number of carbonyl (C=O) groups excluding carboxylic acids is 1. The zero-order chi connectivity index (χ0) is 20.8. The van der Waals surface area contributed by atoms with Gasteiger partial charge >= 0.3 is 0 Å². The predicted molar refractivity (Wildman–Crippen MR) is 119 cm³/mol. The quantitative estimate of drug-likeness (QED) is 0.569. The molecule has 29 heavy (non-hydrogen) atoms. The molecule has 0 saturated carbocycles. The zero-order valence-corrected chi connectivity index (χ0v) is 18.4. The first-order chi connectivity index (χ1) is 14.0. The van der Waals surface area contributed by atoms with Gasteiger partial charge in [-0.05, 0) is 37.8 Å². The molecule has 2 N–H and O–H groups in total. The Kier molecular flexibility index (Phi) is 7.53. The Balaban J connectivity index is 1.53. The number of hydrogen-bond donors (Lipinski definition) is 2. The molecule has 1 amide bonds. The van der Waals surface area contributed by atoms with Crippen molar-refractivity contribution in [3.8, 4) is 0 Å². The predicted octanol–water partition coefficient (Wildman–Crippen LogP) is 2.25. The van der Waals surface area contributed by atoms with Gasteiger partial charge in [-0.15, -0.1) is 0 Å². The molecule has 160 valence electrons. The highest BCUT2D eigenvalue weighted by atomic mass is 16.2. The molecule has 0 bridgehead atoms. The summed E-state index contributed by atoms with van der Waals surface area (Å²) >= 11 is 0. The minimum absolute atomic E-state index is 0.0613. The van der Waals surface area contributed by atoms with Crippen molar-refractivity contribution in [1.82, 2.24) is 20.4 Å². The molecular weight excluding hydrogens is 362 g/mol. The van der Waals surface area contributed by atoms with Crippen molar-refractivity contribution in [2.24, 2.45) is 10.9 Å². The lowest BCUT2D eigenvalue weighted by atomic mass is 9.99. The third-order valence-corrected chi connectivity index (χ3v) is 5.98. The van der Waals surface area contributed by atoms with E-state index in [0.717, 1.165) is 58.1 Å². The molecule has 0 aliphatic carbocycles. The Morgan fingerprint density at radius 1 is 1.21 bits per heavy atom. The number of guanidine groups is 1. The van der Waals surface area contributed by atoms with E-state index < -0.39 is 0 Å². The molecule has 0 aromatic heterocycles. The number of amides is 1. The first-order valence-corrected chi connectivity index (χ1v) is 11.1. The highest BCUT2D eigenvalue weighted by Crippen LogP contribution is 2.20. The van der Waals surface area contributed by atoms with Gasteiger partial charge in [-0.3, -0.25) is 14.7 Å². The second-order valence-electron chi connectivity index (χ2n) is 8.63. The molecule has 2 heterocycles. The van der Waals surface area contributed by atoms with E-state index in [4.69, 9.17) is 4.99 Å². The largest absolute Gasteiger partial charge is 0.357 e. The number of fused-ring (bicyclic) bond motifs is 1. The van der Waals surface area contributed by atoms with E-state index in [1.807, 2.05) is 18.7 Å². The molecule has 0 radical (unpaired) electrons. The van der Waals surface area contributed by atoms with Crippen molar-refractivity contribution < 1.29 is 4.79 Å². The molecule has 6 heteroatoms. The fourth-order valence-corrected chi connectivity index (χ4v) is 4.19. The third-order valence-electron chi connectivity index (χ3n) is 5.98. The summed E-state index contributed by atoms with van der Waals surface area (Å²) in [5.74, 6) is 1.17. The fraction of sp³-hybridized carbons (Fsp3) is 0.652. The standard InChI is InChI=1S/C23H37N5O/c1-5-24-23(26-21-11-13-28(16-21)22(29)17(2)3)25-14-18(4)27-12-10-19-8-6-7-9-20(19)15-27/h6-9,17-18,21H,5,10-16H2,1-4H3,(H2,24,25,26). The van der Waals surface area contributed by atoms with E-state index in [9.17, 15) is 4.79 Å². The van der Waals surface area contributed by atoms with Crippen LogP contribution in [-0.2, 0) is 17.8 Å². The van der Waals surface area contributed by atoms with Crippen LogP contribution in [-0.4, -0.2) is 66.5 Å². The van der Waals surface area contributed by atoms with Crippen LogP contribution in [0.2, 0.25) is 0 Å². The number of likely N-dealkylation sites (tertiary alicyclic amines) is 1. The van der Waals surface area contributed by atoms with Crippen molar-refractivity contribution in [3.05, 3.63) is 35.4 Å². The molecule has 1 aromatic carbocycles. The zero-order valence-electron chi connectivity index (χ0n) is 18.4. The van der Waals surface area contributed by atoms with Crippen LogP contribution in [0.4, 0.5) is 0 Å². The molecule has 2 aliphatic rings. The smallest absolute Gasteiger partial charge is 0.225 e. The average molecular weight is 400 g/mol. The van der Waals surface area contributed by atoms with Gasteiger partial charge in [0.2, 0.25) is 5.91 Å². The van der Waals surface area contributed by atoms with Crippen LogP contribution in [0.1, 0.15) is 45.2 Å². The highest BCUT2D eigenvalue weighted by molar-refractivity contribution is 5.81. The van der Waals surface area contributed by atoms with Crippen LogP contribution >= 0.6 is 0 Å². The second-order valence-corrected chi connectivity index (χ2v) is 8.63. The second kappa shape index (κ2) is 10.1. The van der Waals surface area contributed by atoms with Crippen molar-refractivity contribution in [2.45, 2.75) is 59.2 Å². The van der Waals surface area contributed by atoms with Crippen molar-refractivity contribution in [3.63, 3.8) is 0 Å². The topological polar surface area (TPSA) is 60.0 Å². The first-order valence-electron chi connectivity index (χ1n) is 11.1. The lowest BCUT2D eigenvalue weighted by Crippen LogP contribution is -2.46. The molecule has 1 saturated heterocycles. The fourth-order valence-electron chi connectivity index (χ4n) is 4.19. The summed E-state index contributed by atoms with van der Waals surface area (Å²) in [5, 5.41) is 6.91. The molecule has 1 aromatic rings. The van der Waals surface area contributed by atoms with E-state index in [2.05, 4.69) is 53.6 Å². The normalized spacial score (nSPS) is 21.2. The van der Waals surface area contributed by atoms with Gasteiger partial charge in [-0.2, -0.15) is 0 Å². The van der Waals surface area contributed by atoms with E-state index in [1.165, 1.54) is 11.1 Å². The average Bonchev–Trinajstić information content (AvgIpc) is 3.19. The first kappa shape index (κ1) is 21.6. The van der Waals surface area contributed by atoms with Crippen LogP contribution in [0.25, 0.3) is 0 Å². The van der Waals surface area contributed by atoms with Crippen LogP contribution < -0.4 is 10.6 Å². The maximum absolute atomic E-state index is 12.2. The van der Waals surface area contributed by atoms with Gasteiger partial charge in [0.15, 0.2) is 5.96 Å². The minimum Gasteiger partial charge on any atom is -0.357 e. The van der Waals surface area contributed by atoms with Gasteiger partial charge in [-0.1, -0.05) is 38.1 Å². The van der Waals surface area contributed by atoms with Crippen molar-refractivity contribution in [2.75, 3.05) is 32.7 Å². The summed E-state index contributed by atoms with van der Waals surface area (Å²) in [4.78, 5) is 21.6. The van der Waals surface area contributed by atoms with Crippen LogP contribution in [0.15, 0.2) is 29.3 Å². The summed E-state index contributed by atoms with van der Waals surface area (Å²) in [7, 11) is 0. The van der Waals surface area contributed by atoms with E-state index in [1.54, 1.807) is 0 Å². The number of aliphatic imine (C=N–C) groups is 1. The Hall–Kier alpha value is -2.08. The molecule has 3 rings (SSSR count). The van der Waals surface area contributed by atoms with Gasteiger partial charge in [0.25, 0.3) is 0 Å². The number of nitrogens with one attached hydrogen (secondary N) is 2. The van der Waals surface area contributed by atoms with Crippen LogP contribution in [0.3, 0.4) is 0 Å². The van der Waals surface area contributed by atoms with Gasteiger partial charge in [0.1, 0.15) is 0 Å². The molecule has 2 atom stereocenters. The number of rotatable bonds is 6. The van der Waals surface area contributed by atoms with E-state index >= 15 is 0 Å². The van der Waals surface area contributed by atoms with Gasteiger partial charge < -0.3 is 15.5 Å². The molecular formula is C23H37N5O. The molecule has 6 nitrogen and oxygen atoms in total. The Morgan fingerprint density at radius 2 is 1.97 bits per heavy atom. The number of benzene rings is 1. The number of nitrogens with zero attached hydrogens (tertiary/aromatic N) is 3.